The van der Waals surface area contributed by atoms with E-state index in [-0.39, 0.29) is 24.0 Å². The molecule has 2 N–H and O–H groups in total. The summed E-state index contributed by atoms with van der Waals surface area (Å²) in [5.41, 5.74) is 3.54. The summed E-state index contributed by atoms with van der Waals surface area (Å²) in [5.74, 6) is 1.74. The summed E-state index contributed by atoms with van der Waals surface area (Å²) in [6, 6.07) is 0. The van der Waals surface area contributed by atoms with Gasteiger partial charge in [0.25, 0.3) is 0 Å². The van der Waals surface area contributed by atoms with Crippen LogP contribution in [0.4, 0.5) is 0 Å². The van der Waals surface area contributed by atoms with Crippen molar-refractivity contribution in [1.29, 1.82) is 0 Å². The van der Waals surface area contributed by atoms with E-state index in [1.807, 2.05) is 18.8 Å². The van der Waals surface area contributed by atoms with Gasteiger partial charge in [0, 0.05) is 45.0 Å². The highest BCUT2D eigenvalue weighted by atomic mass is 127. The van der Waals surface area contributed by atoms with Crippen LogP contribution >= 0.6 is 24.0 Å². The largest absolute Gasteiger partial charge is 0.356 e. The van der Waals surface area contributed by atoms with Gasteiger partial charge in [-0.3, -0.25) is 9.67 Å². The van der Waals surface area contributed by atoms with Crippen LogP contribution in [0.25, 0.3) is 0 Å². The molecule has 1 aromatic heterocycles. The number of aliphatic imine (C=N–C) groups is 1. The Morgan fingerprint density at radius 1 is 1.27 bits per heavy atom. The Balaban J connectivity index is 0.00000338. The number of hydrogen-bond donors (Lipinski definition) is 2. The Hall–Kier alpha value is -0.830. The molecule has 6 nitrogen and oxygen atoms in total. The lowest BCUT2D eigenvalue weighted by Gasteiger charge is -2.30. The van der Waals surface area contributed by atoms with Crippen LogP contribution in [-0.4, -0.2) is 53.9 Å². The number of likely N-dealkylation sites (tertiary alicyclic amines) is 1. The molecule has 0 aromatic carbocycles. The summed E-state index contributed by atoms with van der Waals surface area (Å²) >= 11 is 0. The second-order valence-corrected chi connectivity index (χ2v) is 7.38. The molecular weight excluding hydrogens is 439 g/mol. The topological polar surface area (TPSA) is 57.5 Å². The van der Waals surface area contributed by atoms with E-state index in [0.29, 0.717) is 0 Å². The van der Waals surface area contributed by atoms with E-state index in [2.05, 4.69) is 46.4 Å². The highest BCUT2D eigenvalue weighted by Gasteiger charge is 2.15. The maximum atomic E-state index is 4.46. The highest BCUT2D eigenvalue weighted by Crippen LogP contribution is 2.15. The molecule has 1 atom stereocenters. The van der Waals surface area contributed by atoms with E-state index in [9.17, 15) is 0 Å². The molecule has 1 unspecified atom stereocenters. The molecule has 150 valence electrons. The number of piperidine rings is 1. The van der Waals surface area contributed by atoms with Crippen molar-refractivity contribution in [3.8, 4) is 0 Å². The zero-order valence-corrected chi connectivity index (χ0v) is 19.5. The lowest BCUT2D eigenvalue weighted by Crippen LogP contribution is -2.38. The Morgan fingerprint density at radius 2 is 2.04 bits per heavy atom. The van der Waals surface area contributed by atoms with Crippen molar-refractivity contribution in [2.75, 3.05) is 33.2 Å². The zero-order chi connectivity index (χ0) is 18.2. The normalized spacial score (nSPS) is 18.5. The second kappa shape index (κ2) is 11.8. The standard InChI is InChI=1S/C19H36N6.HI/c1-15-9-8-12-25(14-15)11-7-6-10-21-19(20-4)22-13-18-16(2)23-24(5)17(18)3;/h15H,6-14H2,1-5H3,(H2,20,21,22);1H. The zero-order valence-electron chi connectivity index (χ0n) is 17.1. The van der Waals surface area contributed by atoms with Crippen LogP contribution in [0.5, 0.6) is 0 Å². The van der Waals surface area contributed by atoms with Gasteiger partial charge in [-0.1, -0.05) is 6.92 Å². The van der Waals surface area contributed by atoms with Gasteiger partial charge in [-0.25, -0.2) is 0 Å². The van der Waals surface area contributed by atoms with Gasteiger partial charge < -0.3 is 15.5 Å². The first-order valence-electron chi connectivity index (χ1n) is 9.67. The molecule has 2 rings (SSSR count). The molecule has 0 aliphatic carbocycles. The monoisotopic (exact) mass is 476 g/mol. The summed E-state index contributed by atoms with van der Waals surface area (Å²) < 4.78 is 1.93. The first-order valence-corrected chi connectivity index (χ1v) is 9.67. The van der Waals surface area contributed by atoms with Crippen molar-refractivity contribution < 1.29 is 0 Å². The molecule has 2 heterocycles. The number of guanidine groups is 1. The number of rotatable bonds is 7. The Labute approximate surface area is 176 Å². The first-order chi connectivity index (χ1) is 12.0. The molecular formula is C19H37IN6. The molecule has 0 radical (unpaired) electrons. The maximum Gasteiger partial charge on any atom is 0.191 e. The van der Waals surface area contributed by atoms with Gasteiger partial charge in [0.2, 0.25) is 0 Å². The van der Waals surface area contributed by atoms with Crippen LogP contribution in [0, 0.1) is 19.8 Å². The van der Waals surface area contributed by atoms with Gasteiger partial charge in [-0.2, -0.15) is 5.10 Å². The van der Waals surface area contributed by atoms with Crippen molar-refractivity contribution in [3.63, 3.8) is 0 Å². The van der Waals surface area contributed by atoms with Gasteiger partial charge in [0.1, 0.15) is 0 Å². The fraction of sp³-hybridized carbons (Fsp3) is 0.789. The highest BCUT2D eigenvalue weighted by molar-refractivity contribution is 14.0. The van der Waals surface area contributed by atoms with Crippen LogP contribution in [0.15, 0.2) is 4.99 Å². The van der Waals surface area contributed by atoms with Crippen LogP contribution in [0.2, 0.25) is 0 Å². The number of halogens is 1. The number of aromatic nitrogens is 2. The fourth-order valence-corrected chi connectivity index (χ4v) is 3.62. The van der Waals surface area contributed by atoms with Crippen LogP contribution in [0.3, 0.4) is 0 Å². The molecule has 0 spiro atoms. The number of hydrogen-bond acceptors (Lipinski definition) is 3. The molecule has 1 saturated heterocycles. The third kappa shape index (κ3) is 7.06. The molecule has 7 heteroatoms. The van der Waals surface area contributed by atoms with Crippen LogP contribution < -0.4 is 10.6 Å². The van der Waals surface area contributed by atoms with Crippen molar-refractivity contribution in [2.24, 2.45) is 18.0 Å². The fourth-order valence-electron chi connectivity index (χ4n) is 3.62. The SMILES string of the molecule is CN=C(NCCCCN1CCCC(C)C1)NCc1c(C)nn(C)c1C.I. The van der Waals surface area contributed by atoms with Crippen molar-refractivity contribution in [1.82, 2.24) is 25.3 Å². The molecule has 0 bridgehead atoms. The quantitative estimate of drug-likeness (QED) is 0.275. The minimum Gasteiger partial charge on any atom is -0.356 e. The predicted molar refractivity (Wildman–Crippen MR) is 120 cm³/mol. The molecule has 1 aromatic rings. The number of nitrogens with zero attached hydrogens (tertiary/aromatic N) is 4. The van der Waals surface area contributed by atoms with Crippen molar-refractivity contribution in [2.45, 2.75) is 53.0 Å². The van der Waals surface area contributed by atoms with E-state index in [1.54, 1.807) is 0 Å². The smallest absolute Gasteiger partial charge is 0.191 e. The maximum absolute atomic E-state index is 4.46. The van der Waals surface area contributed by atoms with Gasteiger partial charge in [-0.15, -0.1) is 24.0 Å². The lowest BCUT2D eigenvalue weighted by atomic mass is 10.0. The molecule has 1 aliphatic heterocycles. The van der Waals surface area contributed by atoms with E-state index in [1.165, 1.54) is 56.6 Å². The molecule has 1 fully saturated rings. The summed E-state index contributed by atoms with van der Waals surface area (Å²) in [5, 5.41) is 11.3. The third-order valence-corrected chi connectivity index (χ3v) is 5.25. The number of aryl methyl sites for hydroxylation is 2. The van der Waals surface area contributed by atoms with Crippen LogP contribution in [0.1, 0.15) is 49.6 Å². The Morgan fingerprint density at radius 3 is 2.65 bits per heavy atom. The molecule has 1 aliphatic rings. The molecule has 26 heavy (non-hydrogen) atoms. The van der Waals surface area contributed by atoms with E-state index in [4.69, 9.17) is 0 Å². The average Bonchev–Trinajstić information content (AvgIpc) is 2.83. The number of nitrogens with one attached hydrogen (secondary N) is 2. The van der Waals surface area contributed by atoms with Gasteiger partial charge in [0.15, 0.2) is 5.96 Å². The van der Waals surface area contributed by atoms with Gasteiger partial charge in [0.05, 0.1) is 5.69 Å². The average molecular weight is 476 g/mol. The first kappa shape index (κ1) is 23.2. The summed E-state index contributed by atoms with van der Waals surface area (Å²) in [4.78, 5) is 6.94. The summed E-state index contributed by atoms with van der Waals surface area (Å²) in [6.45, 7) is 12.0. The summed E-state index contributed by atoms with van der Waals surface area (Å²) in [7, 11) is 3.81. The Kier molecular flexibility index (Phi) is 10.5. The van der Waals surface area contributed by atoms with E-state index >= 15 is 0 Å². The van der Waals surface area contributed by atoms with Gasteiger partial charge >= 0.3 is 0 Å². The molecule has 0 amide bonds. The molecule has 0 saturated carbocycles. The van der Waals surface area contributed by atoms with Gasteiger partial charge in [-0.05, 0) is 58.5 Å². The van der Waals surface area contributed by atoms with Crippen molar-refractivity contribution in [3.05, 3.63) is 17.0 Å². The van der Waals surface area contributed by atoms with E-state index in [0.717, 1.165) is 30.7 Å². The Bertz CT molecular complexity index is 569. The van der Waals surface area contributed by atoms with Crippen LogP contribution in [-0.2, 0) is 13.6 Å². The minimum absolute atomic E-state index is 0. The predicted octanol–water partition coefficient (Wildman–Crippen LogP) is 2.83. The van der Waals surface area contributed by atoms with Crippen molar-refractivity contribution >= 4 is 29.9 Å². The second-order valence-electron chi connectivity index (χ2n) is 7.38. The van der Waals surface area contributed by atoms with E-state index < -0.39 is 0 Å². The lowest BCUT2D eigenvalue weighted by molar-refractivity contribution is 0.181. The minimum atomic E-state index is 0. The number of unbranched alkanes of at least 4 members (excludes halogenated alkanes) is 1. The third-order valence-electron chi connectivity index (χ3n) is 5.25. The summed E-state index contributed by atoms with van der Waals surface area (Å²) in [6.07, 6.45) is 5.19.